The molecule has 0 aliphatic heterocycles. The van der Waals surface area contributed by atoms with E-state index < -0.39 is 0 Å². The van der Waals surface area contributed by atoms with E-state index >= 15 is 0 Å². The van der Waals surface area contributed by atoms with Crippen LogP contribution in [-0.4, -0.2) is 19.2 Å². The van der Waals surface area contributed by atoms with Crippen molar-refractivity contribution in [1.29, 1.82) is 0 Å². The van der Waals surface area contributed by atoms with E-state index in [-0.39, 0.29) is 18.0 Å². The lowest BCUT2D eigenvalue weighted by molar-refractivity contribution is -0.157. The minimum Gasteiger partial charge on any atom is -0.489 e. The third-order valence-corrected chi connectivity index (χ3v) is 6.43. The Balaban J connectivity index is 1.31. The van der Waals surface area contributed by atoms with Gasteiger partial charge in [0.1, 0.15) is 19.0 Å². The number of rotatable bonds is 5. The summed E-state index contributed by atoms with van der Waals surface area (Å²) in [6, 6.07) is 18.6. The Bertz CT molecular complexity index is 1030. The summed E-state index contributed by atoms with van der Waals surface area (Å²) >= 11 is 0. The Morgan fingerprint density at radius 2 is 1.68 bits per heavy atom. The molecule has 3 heteroatoms. The molecule has 5 rings (SSSR count). The van der Waals surface area contributed by atoms with E-state index in [4.69, 9.17) is 9.47 Å². The second kappa shape index (κ2) is 6.66. The van der Waals surface area contributed by atoms with Crippen LogP contribution in [-0.2, 0) is 9.53 Å². The fourth-order valence-electron chi connectivity index (χ4n) is 4.90. The van der Waals surface area contributed by atoms with Crippen LogP contribution in [0.15, 0.2) is 66.7 Å². The summed E-state index contributed by atoms with van der Waals surface area (Å²) in [7, 11) is 0. The highest BCUT2D eigenvalue weighted by Gasteiger charge is 2.50. The SMILES string of the molecule is CC1(C(=O)OCCOc2c3ccccc3cc3ccccc23)CC2C=CC1C2. The van der Waals surface area contributed by atoms with Crippen LogP contribution in [0, 0.1) is 17.3 Å². The van der Waals surface area contributed by atoms with Gasteiger partial charge >= 0.3 is 5.97 Å². The van der Waals surface area contributed by atoms with E-state index in [0.29, 0.717) is 18.4 Å². The summed E-state index contributed by atoms with van der Waals surface area (Å²) in [5.41, 5.74) is -0.369. The smallest absolute Gasteiger partial charge is 0.312 e. The molecule has 0 N–H and O–H groups in total. The van der Waals surface area contributed by atoms with Crippen LogP contribution in [0.25, 0.3) is 21.5 Å². The number of benzene rings is 3. The van der Waals surface area contributed by atoms with Gasteiger partial charge in [-0.25, -0.2) is 0 Å². The van der Waals surface area contributed by atoms with Crippen LogP contribution in [0.5, 0.6) is 5.75 Å². The van der Waals surface area contributed by atoms with Crippen molar-refractivity contribution in [3.63, 3.8) is 0 Å². The van der Waals surface area contributed by atoms with Crippen molar-refractivity contribution < 1.29 is 14.3 Å². The van der Waals surface area contributed by atoms with Gasteiger partial charge in [-0.1, -0.05) is 60.7 Å². The Morgan fingerprint density at radius 1 is 1.00 bits per heavy atom. The molecule has 2 bridgehead atoms. The molecule has 0 spiro atoms. The molecule has 142 valence electrons. The maximum absolute atomic E-state index is 12.7. The first-order valence-corrected chi connectivity index (χ1v) is 10.0. The third kappa shape index (κ3) is 2.77. The predicted octanol–water partition coefficient (Wildman–Crippen LogP) is 5.52. The number of hydrogen-bond acceptors (Lipinski definition) is 3. The van der Waals surface area contributed by atoms with Gasteiger partial charge in [-0.05, 0) is 48.4 Å². The van der Waals surface area contributed by atoms with Gasteiger partial charge < -0.3 is 9.47 Å². The number of esters is 1. The van der Waals surface area contributed by atoms with Crippen LogP contribution in [0.3, 0.4) is 0 Å². The number of carbonyl (C=O) groups is 1. The molecule has 1 fully saturated rings. The maximum atomic E-state index is 12.7. The van der Waals surface area contributed by atoms with Crippen molar-refractivity contribution in [3.05, 3.63) is 66.7 Å². The van der Waals surface area contributed by atoms with Gasteiger partial charge in [0.15, 0.2) is 0 Å². The first kappa shape index (κ1) is 17.3. The molecule has 28 heavy (non-hydrogen) atoms. The monoisotopic (exact) mass is 372 g/mol. The highest BCUT2D eigenvalue weighted by molar-refractivity contribution is 6.05. The van der Waals surface area contributed by atoms with E-state index in [2.05, 4.69) is 42.5 Å². The van der Waals surface area contributed by atoms with Gasteiger partial charge in [-0.3, -0.25) is 4.79 Å². The first-order valence-electron chi connectivity index (χ1n) is 10.0. The molecule has 0 amide bonds. The van der Waals surface area contributed by atoms with Gasteiger partial charge in [0.25, 0.3) is 0 Å². The highest BCUT2D eigenvalue weighted by atomic mass is 16.6. The molecule has 3 unspecified atom stereocenters. The van der Waals surface area contributed by atoms with Gasteiger partial charge in [-0.15, -0.1) is 0 Å². The van der Waals surface area contributed by atoms with Crippen molar-refractivity contribution in [2.24, 2.45) is 17.3 Å². The minimum absolute atomic E-state index is 0.0873. The van der Waals surface area contributed by atoms with Crippen molar-refractivity contribution in [2.45, 2.75) is 19.8 Å². The number of fused-ring (bicyclic) bond motifs is 4. The molecule has 0 heterocycles. The van der Waals surface area contributed by atoms with Gasteiger partial charge in [0, 0.05) is 10.8 Å². The normalized spacial score (nSPS) is 25.5. The molecule has 3 atom stereocenters. The Labute approximate surface area is 164 Å². The average molecular weight is 372 g/mol. The Kier molecular flexibility index (Phi) is 4.12. The molecule has 0 saturated heterocycles. The van der Waals surface area contributed by atoms with Crippen LogP contribution in [0.2, 0.25) is 0 Å². The molecular weight excluding hydrogens is 348 g/mol. The molecule has 3 aromatic carbocycles. The summed E-state index contributed by atoms with van der Waals surface area (Å²) in [5.74, 6) is 1.64. The van der Waals surface area contributed by atoms with Crippen molar-refractivity contribution in [1.82, 2.24) is 0 Å². The fraction of sp³-hybridized carbons (Fsp3) is 0.320. The second-order valence-electron chi connectivity index (χ2n) is 8.24. The van der Waals surface area contributed by atoms with Crippen molar-refractivity contribution >= 4 is 27.5 Å². The van der Waals surface area contributed by atoms with E-state index in [9.17, 15) is 4.79 Å². The lowest BCUT2D eigenvalue weighted by atomic mass is 9.78. The molecule has 2 aliphatic rings. The van der Waals surface area contributed by atoms with E-state index in [0.717, 1.165) is 40.1 Å². The summed E-state index contributed by atoms with van der Waals surface area (Å²) in [6.45, 7) is 2.67. The van der Waals surface area contributed by atoms with Crippen molar-refractivity contribution in [2.75, 3.05) is 13.2 Å². The third-order valence-electron chi connectivity index (χ3n) is 6.43. The maximum Gasteiger partial charge on any atom is 0.312 e. The molecule has 2 aliphatic carbocycles. The number of hydrogen-bond donors (Lipinski definition) is 0. The molecule has 3 aromatic rings. The average Bonchev–Trinajstić information content (AvgIpc) is 3.31. The van der Waals surface area contributed by atoms with E-state index in [1.54, 1.807) is 0 Å². The zero-order chi connectivity index (χ0) is 19.1. The molecule has 0 radical (unpaired) electrons. The number of ether oxygens (including phenoxy) is 2. The summed E-state index contributed by atoms with van der Waals surface area (Å²) < 4.78 is 11.8. The van der Waals surface area contributed by atoms with Crippen LogP contribution >= 0.6 is 0 Å². The topological polar surface area (TPSA) is 35.5 Å². The van der Waals surface area contributed by atoms with E-state index in [1.165, 1.54) is 0 Å². The highest BCUT2D eigenvalue weighted by Crippen LogP contribution is 2.52. The standard InChI is InChI=1S/C25H24O3/c1-25(16-17-10-11-20(25)14-17)24(26)28-13-12-27-23-21-8-4-2-6-18(21)15-19-7-3-5-9-22(19)23/h2-11,15,17,20H,12-14,16H2,1H3. The fourth-order valence-corrected chi connectivity index (χ4v) is 4.90. The number of carbonyl (C=O) groups excluding carboxylic acids is 1. The summed E-state index contributed by atoms with van der Waals surface area (Å²) in [6.07, 6.45) is 6.43. The van der Waals surface area contributed by atoms with Gasteiger partial charge in [0.05, 0.1) is 5.41 Å². The Hall–Kier alpha value is -2.81. The largest absolute Gasteiger partial charge is 0.489 e. The summed E-state index contributed by atoms with van der Waals surface area (Å²) in [5, 5.41) is 4.46. The van der Waals surface area contributed by atoms with Crippen LogP contribution in [0.4, 0.5) is 0 Å². The second-order valence-corrected chi connectivity index (χ2v) is 8.24. The van der Waals surface area contributed by atoms with Crippen molar-refractivity contribution in [3.8, 4) is 5.75 Å². The zero-order valence-electron chi connectivity index (χ0n) is 16.1. The lowest BCUT2D eigenvalue weighted by Gasteiger charge is -2.28. The molecule has 1 saturated carbocycles. The Morgan fingerprint density at radius 3 is 2.29 bits per heavy atom. The van der Waals surface area contributed by atoms with Gasteiger partial charge in [0.2, 0.25) is 0 Å². The van der Waals surface area contributed by atoms with E-state index in [1.807, 2.05) is 31.2 Å². The number of allylic oxidation sites excluding steroid dienone is 2. The zero-order valence-corrected chi connectivity index (χ0v) is 16.1. The summed E-state index contributed by atoms with van der Waals surface area (Å²) in [4.78, 5) is 12.7. The lowest BCUT2D eigenvalue weighted by Crippen LogP contribution is -2.34. The predicted molar refractivity (Wildman–Crippen MR) is 111 cm³/mol. The van der Waals surface area contributed by atoms with Crippen LogP contribution < -0.4 is 4.74 Å². The van der Waals surface area contributed by atoms with Crippen LogP contribution in [0.1, 0.15) is 19.8 Å². The van der Waals surface area contributed by atoms with Gasteiger partial charge in [-0.2, -0.15) is 0 Å². The molecular formula is C25H24O3. The quantitative estimate of drug-likeness (QED) is 0.256. The minimum atomic E-state index is -0.369. The molecule has 0 aromatic heterocycles. The first-order chi connectivity index (χ1) is 13.6. The molecule has 3 nitrogen and oxygen atoms in total.